The summed E-state index contributed by atoms with van der Waals surface area (Å²) in [5.41, 5.74) is 0. The van der Waals surface area contributed by atoms with E-state index in [1.54, 1.807) is 4.73 Å². The highest BCUT2D eigenvalue weighted by atomic mass is 79.9. The van der Waals surface area contributed by atoms with Gasteiger partial charge in [-0.1, -0.05) is 0 Å². The first-order valence-corrected chi connectivity index (χ1v) is 3.93. The van der Waals surface area contributed by atoms with E-state index >= 15 is 0 Å². The van der Waals surface area contributed by atoms with Crippen LogP contribution in [0.1, 0.15) is 6.92 Å². The molecule has 1 aromatic heterocycles. The van der Waals surface area contributed by atoms with Crippen LogP contribution in [0, 0.1) is 0 Å². The third kappa shape index (κ3) is 1.70. The van der Waals surface area contributed by atoms with E-state index in [9.17, 15) is 0 Å². The highest BCUT2D eigenvalue weighted by Gasteiger charge is 2.04. The van der Waals surface area contributed by atoms with Crippen molar-refractivity contribution in [2.24, 2.45) is 0 Å². The fraction of sp³-hybridized carbons (Fsp3) is 0.286. The van der Waals surface area contributed by atoms with Gasteiger partial charge in [-0.25, -0.2) is 0 Å². The van der Waals surface area contributed by atoms with Crippen molar-refractivity contribution in [1.82, 2.24) is 0 Å². The third-order valence-electron chi connectivity index (χ3n) is 1.05. The third-order valence-corrected chi connectivity index (χ3v) is 1.66. The van der Waals surface area contributed by atoms with Gasteiger partial charge >= 0.3 is 0 Å². The van der Waals surface area contributed by atoms with E-state index in [0.29, 0.717) is 6.61 Å². The molecule has 0 radical (unpaired) electrons. The summed E-state index contributed by atoms with van der Waals surface area (Å²) in [7, 11) is 0. The molecule has 3 heteroatoms. The zero-order chi connectivity index (χ0) is 7.40. The van der Waals surface area contributed by atoms with Gasteiger partial charge in [-0.2, -0.15) is 0 Å². The SMILES string of the molecule is CCO[n+]1ccccc1Br. The van der Waals surface area contributed by atoms with Crippen LogP contribution in [0.4, 0.5) is 0 Å². The minimum atomic E-state index is 0.674. The topological polar surface area (TPSA) is 13.1 Å². The molecule has 0 aromatic carbocycles. The summed E-state index contributed by atoms with van der Waals surface area (Å²) in [4.78, 5) is 5.21. The second-order valence-electron chi connectivity index (χ2n) is 1.77. The van der Waals surface area contributed by atoms with Crippen LogP contribution in [-0.2, 0) is 0 Å². The Morgan fingerprint density at radius 2 is 2.40 bits per heavy atom. The molecule has 0 bridgehead atoms. The Hall–Kier alpha value is -0.570. The van der Waals surface area contributed by atoms with Gasteiger partial charge in [0.05, 0.1) is 0 Å². The van der Waals surface area contributed by atoms with E-state index in [-0.39, 0.29) is 0 Å². The number of nitrogens with zero attached hydrogens (tertiary/aromatic N) is 1. The molecule has 0 saturated heterocycles. The number of halogens is 1. The molecule has 0 N–H and O–H groups in total. The van der Waals surface area contributed by atoms with Gasteiger partial charge in [0, 0.05) is 32.8 Å². The van der Waals surface area contributed by atoms with Crippen molar-refractivity contribution in [3.05, 3.63) is 29.0 Å². The van der Waals surface area contributed by atoms with Gasteiger partial charge in [0.15, 0.2) is 6.61 Å². The van der Waals surface area contributed by atoms with Crippen molar-refractivity contribution in [1.29, 1.82) is 0 Å². The van der Waals surface area contributed by atoms with Crippen LogP contribution in [0.2, 0.25) is 0 Å². The highest BCUT2D eigenvalue weighted by molar-refractivity contribution is 9.10. The fourth-order valence-corrected chi connectivity index (χ4v) is 1.02. The molecule has 0 aliphatic carbocycles. The van der Waals surface area contributed by atoms with Crippen LogP contribution in [0.3, 0.4) is 0 Å². The predicted octanol–water partition coefficient (Wildman–Crippen LogP) is 1.19. The summed E-state index contributed by atoms with van der Waals surface area (Å²) < 4.78 is 2.61. The molecule has 0 atom stereocenters. The average molecular weight is 203 g/mol. The molecule has 1 rings (SSSR count). The van der Waals surface area contributed by atoms with Crippen molar-refractivity contribution < 1.29 is 9.57 Å². The number of aromatic nitrogens is 1. The lowest BCUT2D eigenvalue weighted by molar-refractivity contribution is -0.899. The average Bonchev–Trinajstić information content (AvgIpc) is 1.94. The van der Waals surface area contributed by atoms with Gasteiger partial charge in [0.2, 0.25) is 6.20 Å². The summed E-state index contributed by atoms with van der Waals surface area (Å²) in [6.45, 7) is 2.62. The first-order valence-electron chi connectivity index (χ1n) is 3.14. The van der Waals surface area contributed by atoms with Crippen molar-refractivity contribution in [2.75, 3.05) is 6.61 Å². The van der Waals surface area contributed by atoms with Crippen LogP contribution in [0.25, 0.3) is 0 Å². The van der Waals surface area contributed by atoms with Gasteiger partial charge in [-0.3, -0.25) is 4.84 Å². The molecular weight excluding hydrogens is 194 g/mol. The van der Waals surface area contributed by atoms with Crippen molar-refractivity contribution in [2.45, 2.75) is 6.92 Å². The van der Waals surface area contributed by atoms with Crippen LogP contribution < -0.4 is 9.57 Å². The van der Waals surface area contributed by atoms with E-state index in [4.69, 9.17) is 4.84 Å². The highest BCUT2D eigenvalue weighted by Crippen LogP contribution is 1.98. The number of pyridine rings is 1. The Morgan fingerprint density at radius 1 is 1.60 bits per heavy atom. The van der Waals surface area contributed by atoms with Crippen LogP contribution in [-0.4, -0.2) is 6.61 Å². The summed E-state index contributed by atoms with van der Waals surface area (Å²) in [6.07, 6.45) is 1.85. The zero-order valence-electron chi connectivity index (χ0n) is 5.75. The minimum absolute atomic E-state index is 0.674. The van der Waals surface area contributed by atoms with Crippen molar-refractivity contribution >= 4 is 15.9 Å². The molecule has 0 aliphatic rings. The molecule has 0 spiro atoms. The summed E-state index contributed by atoms with van der Waals surface area (Å²) in [5, 5.41) is 0. The molecule has 54 valence electrons. The van der Waals surface area contributed by atoms with Crippen LogP contribution in [0.15, 0.2) is 29.0 Å². The lowest BCUT2D eigenvalue weighted by atomic mass is 10.5. The maximum atomic E-state index is 5.21. The molecule has 0 amide bonds. The van der Waals surface area contributed by atoms with Gasteiger partial charge < -0.3 is 0 Å². The van der Waals surface area contributed by atoms with Gasteiger partial charge in [0.25, 0.3) is 4.60 Å². The first-order chi connectivity index (χ1) is 4.84. The smallest absolute Gasteiger partial charge is 0.271 e. The summed E-state index contributed by atoms with van der Waals surface area (Å²) in [5.74, 6) is 0. The van der Waals surface area contributed by atoms with Crippen LogP contribution in [0.5, 0.6) is 0 Å². The van der Waals surface area contributed by atoms with E-state index in [1.165, 1.54) is 0 Å². The second-order valence-corrected chi connectivity index (χ2v) is 2.58. The largest absolute Gasteiger partial charge is 0.298 e. The van der Waals surface area contributed by atoms with E-state index in [2.05, 4.69) is 15.9 Å². The van der Waals surface area contributed by atoms with Gasteiger partial charge in [-0.05, 0) is 13.0 Å². The van der Waals surface area contributed by atoms with E-state index < -0.39 is 0 Å². The minimum Gasteiger partial charge on any atom is -0.271 e. The lowest BCUT2D eigenvalue weighted by Crippen LogP contribution is -2.43. The Labute approximate surface area is 68.5 Å². The Morgan fingerprint density at radius 3 is 3.00 bits per heavy atom. The second kappa shape index (κ2) is 3.56. The zero-order valence-corrected chi connectivity index (χ0v) is 7.34. The molecular formula is C7H9BrNO+. The summed E-state index contributed by atoms with van der Waals surface area (Å²) >= 11 is 3.34. The molecule has 1 heterocycles. The Bertz CT molecular complexity index is 215. The standard InChI is InChI=1S/C7H9BrNO/c1-2-10-9-6-4-3-5-7(9)8/h3-6H,2H2,1H3/q+1. The Kier molecular flexibility index (Phi) is 2.68. The quantitative estimate of drug-likeness (QED) is 0.519. The molecule has 2 nitrogen and oxygen atoms in total. The van der Waals surface area contributed by atoms with Gasteiger partial charge in [0.1, 0.15) is 0 Å². The molecule has 0 fully saturated rings. The fourth-order valence-electron chi connectivity index (χ4n) is 0.651. The van der Waals surface area contributed by atoms with Crippen LogP contribution >= 0.6 is 15.9 Å². The molecule has 1 aromatic rings. The number of rotatable bonds is 2. The normalized spacial score (nSPS) is 9.40. The van der Waals surface area contributed by atoms with Gasteiger partial charge in [-0.15, -0.1) is 0 Å². The molecule has 0 unspecified atom stereocenters. The van der Waals surface area contributed by atoms with Crippen molar-refractivity contribution in [3.8, 4) is 0 Å². The number of hydrogen-bond donors (Lipinski definition) is 0. The molecule has 10 heavy (non-hydrogen) atoms. The lowest BCUT2D eigenvalue weighted by Gasteiger charge is -1.93. The Balaban J connectivity index is 2.81. The maximum absolute atomic E-state index is 5.21. The van der Waals surface area contributed by atoms with E-state index in [1.807, 2.05) is 31.3 Å². The molecule has 0 saturated carbocycles. The van der Waals surface area contributed by atoms with E-state index in [0.717, 1.165) is 4.60 Å². The monoisotopic (exact) mass is 202 g/mol. The summed E-state index contributed by atoms with van der Waals surface area (Å²) in [6, 6.07) is 5.79. The molecule has 0 aliphatic heterocycles. The predicted molar refractivity (Wildman–Crippen MR) is 41.5 cm³/mol. The first kappa shape index (κ1) is 7.54. The van der Waals surface area contributed by atoms with Crippen molar-refractivity contribution in [3.63, 3.8) is 0 Å². The maximum Gasteiger partial charge on any atom is 0.298 e. The number of hydrogen-bond acceptors (Lipinski definition) is 1.